The highest BCUT2D eigenvalue weighted by Crippen LogP contribution is 2.34. The Balaban J connectivity index is 0. The highest BCUT2D eigenvalue weighted by Gasteiger charge is 2.24. The molecular formula is C36H64O2. The van der Waals surface area contributed by atoms with Crippen LogP contribution in [0.15, 0.2) is 30.3 Å². The third-order valence-corrected chi connectivity index (χ3v) is 7.08. The van der Waals surface area contributed by atoms with E-state index in [9.17, 15) is 5.11 Å². The maximum Gasteiger partial charge on any atom is 0.119 e. The minimum atomic E-state index is 0.0256. The predicted molar refractivity (Wildman–Crippen MR) is 172 cm³/mol. The fourth-order valence-corrected chi connectivity index (χ4v) is 4.47. The largest absolute Gasteiger partial charge is 0.508 e. The number of methoxy groups -OCH3 is 1. The third kappa shape index (κ3) is 13.8. The molecule has 0 aliphatic heterocycles. The molecule has 0 spiro atoms. The molecule has 0 bridgehead atoms. The van der Waals surface area contributed by atoms with Gasteiger partial charge < -0.3 is 9.84 Å². The fourth-order valence-electron chi connectivity index (χ4n) is 4.47. The van der Waals surface area contributed by atoms with Crippen molar-refractivity contribution in [3.63, 3.8) is 0 Å². The lowest BCUT2D eigenvalue weighted by Gasteiger charge is -2.29. The first-order valence-corrected chi connectivity index (χ1v) is 15.1. The lowest BCUT2D eigenvalue weighted by atomic mass is 9.77. The van der Waals surface area contributed by atoms with E-state index in [2.05, 4.69) is 88.3 Å². The Morgan fingerprint density at radius 3 is 1.76 bits per heavy atom. The number of phenolic OH excluding ortho intramolecular Hbond substituents is 1. The summed E-state index contributed by atoms with van der Waals surface area (Å²) in [5, 5.41) is 9.63. The van der Waals surface area contributed by atoms with Crippen molar-refractivity contribution < 1.29 is 9.84 Å². The maximum atomic E-state index is 9.63. The Hall–Kier alpha value is -1.80. The summed E-state index contributed by atoms with van der Waals surface area (Å²) in [7, 11) is 1.78. The molecule has 0 saturated heterocycles. The standard InChI is InChI=1S/C18H30O.C11H16O.C5H12.C2H6/c1-8-13(2)16-12-17(15(4)11-14(16)3)18(5,6)9-10-19-7;1-8-5-6-9(10(12)7-8)11(2,3)4;1-3-5-4-2;1-2/h11-13H,8-10H2,1-7H3;5-7,12H,1-4H3;3-5H2,1-2H3;1-2H3. The molecular weight excluding hydrogens is 464 g/mol. The smallest absolute Gasteiger partial charge is 0.119 e. The molecule has 0 heterocycles. The molecule has 0 aliphatic rings. The third-order valence-electron chi connectivity index (χ3n) is 7.08. The van der Waals surface area contributed by atoms with Crippen molar-refractivity contribution in [2.24, 2.45) is 0 Å². The molecule has 2 aromatic rings. The molecule has 0 fully saturated rings. The second kappa shape index (κ2) is 19.3. The number of aromatic hydroxyl groups is 1. The summed E-state index contributed by atoms with van der Waals surface area (Å²) in [6, 6.07) is 10.6. The van der Waals surface area contributed by atoms with E-state index >= 15 is 0 Å². The van der Waals surface area contributed by atoms with Gasteiger partial charge in [-0.2, -0.15) is 0 Å². The molecule has 0 saturated carbocycles. The average Bonchev–Trinajstić information content (AvgIpc) is 2.84. The van der Waals surface area contributed by atoms with Crippen LogP contribution in [0.5, 0.6) is 5.75 Å². The summed E-state index contributed by atoms with van der Waals surface area (Å²) < 4.78 is 5.26. The maximum absolute atomic E-state index is 9.63. The molecule has 38 heavy (non-hydrogen) atoms. The minimum Gasteiger partial charge on any atom is -0.508 e. The Labute approximate surface area is 238 Å². The van der Waals surface area contributed by atoms with Crippen molar-refractivity contribution in [3.8, 4) is 5.75 Å². The van der Waals surface area contributed by atoms with Crippen molar-refractivity contribution in [1.29, 1.82) is 0 Å². The second-order valence-corrected chi connectivity index (χ2v) is 12.1. The molecule has 1 N–H and O–H groups in total. The average molecular weight is 529 g/mol. The van der Waals surface area contributed by atoms with Crippen LogP contribution in [0.3, 0.4) is 0 Å². The summed E-state index contributed by atoms with van der Waals surface area (Å²) >= 11 is 0. The summed E-state index contributed by atoms with van der Waals surface area (Å²) in [6.45, 7) is 31.2. The number of hydrogen-bond acceptors (Lipinski definition) is 2. The van der Waals surface area contributed by atoms with E-state index in [0.717, 1.165) is 24.2 Å². The number of rotatable bonds is 8. The van der Waals surface area contributed by atoms with Crippen molar-refractivity contribution in [3.05, 3.63) is 63.7 Å². The highest BCUT2D eigenvalue weighted by atomic mass is 16.5. The highest BCUT2D eigenvalue weighted by molar-refractivity contribution is 5.42. The SMILES string of the molecule is CC.CCC(C)c1cc(C(C)(C)CCOC)c(C)cc1C.CCCCC.Cc1ccc(C(C)(C)C)c(O)c1. The number of phenols is 1. The number of benzene rings is 2. The Kier molecular flexibility index (Phi) is 19.5. The topological polar surface area (TPSA) is 29.5 Å². The van der Waals surface area contributed by atoms with Crippen LogP contribution in [0, 0.1) is 20.8 Å². The van der Waals surface area contributed by atoms with Crippen LogP contribution in [0.25, 0.3) is 0 Å². The van der Waals surface area contributed by atoms with Gasteiger partial charge in [0.1, 0.15) is 5.75 Å². The van der Waals surface area contributed by atoms with Gasteiger partial charge in [-0.25, -0.2) is 0 Å². The lowest BCUT2D eigenvalue weighted by Crippen LogP contribution is -2.21. The zero-order valence-corrected chi connectivity index (χ0v) is 28.1. The lowest BCUT2D eigenvalue weighted by molar-refractivity contribution is 0.174. The molecule has 1 unspecified atom stereocenters. The quantitative estimate of drug-likeness (QED) is 0.369. The van der Waals surface area contributed by atoms with E-state index in [4.69, 9.17) is 4.74 Å². The molecule has 2 aromatic carbocycles. The minimum absolute atomic E-state index is 0.0256. The van der Waals surface area contributed by atoms with Crippen LogP contribution in [0.1, 0.15) is 148 Å². The van der Waals surface area contributed by atoms with E-state index in [1.807, 2.05) is 32.9 Å². The normalized spacial score (nSPS) is 11.8. The van der Waals surface area contributed by atoms with E-state index in [-0.39, 0.29) is 10.8 Å². The Bertz CT molecular complexity index is 885. The molecule has 2 nitrogen and oxygen atoms in total. The van der Waals surface area contributed by atoms with Crippen LogP contribution in [-0.4, -0.2) is 18.8 Å². The van der Waals surface area contributed by atoms with Gasteiger partial charge in [0.25, 0.3) is 0 Å². The van der Waals surface area contributed by atoms with Crippen LogP contribution in [-0.2, 0) is 15.6 Å². The first-order valence-electron chi connectivity index (χ1n) is 15.1. The summed E-state index contributed by atoms with van der Waals surface area (Å²) in [6.07, 6.45) is 6.34. The molecule has 0 aliphatic carbocycles. The summed E-state index contributed by atoms with van der Waals surface area (Å²) in [5.74, 6) is 1.04. The molecule has 0 aromatic heterocycles. The van der Waals surface area contributed by atoms with Gasteiger partial charge in [-0.1, -0.05) is 120 Å². The van der Waals surface area contributed by atoms with Gasteiger partial charge in [0, 0.05) is 13.7 Å². The van der Waals surface area contributed by atoms with Gasteiger partial charge in [-0.05, 0) is 89.8 Å². The first-order chi connectivity index (χ1) is 17.7. The van der Waals surface area contributed by atoms with Crippen LogP contribution in [0.4, 0.5) is 0 Å². The zero-order chi connectivity index (χ0) is 30.1. The number of aryl methyl sites for hydroxylation is 3. The monoisotopic (exact) mass is 528 g/mol. The van der Waals surface area contributed by atoms with E-state index in [1.165, 1.54) is 47.9 Å². The fraction of sp³-hybridized carbons (Fsp3) is 0.667. The number of unbranched alkanes of at least 4 members (excludes halogenated alkanes) is 2. The molecule has 1 atom stereocenters. The van der Waals surface area contributed by atoms with E-state index in [0.29, 0.717) is 11.7 Å². The van der Waals surface area contributed by atoms with Gasteiger partial charge >= 0.3 is 0 Å². The number of hydrogen-bond donors (Lipinski definition) is 1. The molecule has 2 rings (SSSR count). The summed E-state index contributed by atoms with van der Waals surface area (Å²) in [4.78, 5) is 0. The molecule has 220 valence electrons. The second-order valence-electron chi connectivity index (χ2n) is 12.1. The van der Waals surface area contributed by atoms with Gasteiger partial charge in [-0.15, -0.1) is 0 Å². The van der Waals surface area contributed by atoms with Gasteiger partial charge in [0.05, 0.1) is 0 Å². The molecule has 2 heteroatoms. The van der Waals surface area contributed by atoms with E-state index in [1.54, 1.807) is 13.2 Å². The predicted octanol–water partition coefficient (Wildman–Crippen LogP) is 11.4. The molecule has 0 amide bonds. The van der Waals surface area contributed by atoms with Crippen molar-refractivity contribution in [2.75, 3.05) is 13.7 Å². The first kappa shape index (κ1) is 38.3. The van der Waals surface area contributed by atoms with Crippen molar-refractivity contribution >= 4 is 0 Å². The van der Waals surface area contributed by atoms with Crippen molar-refractivity contribution in [1.82, 2.24) is 0 Å². The van der Waals surface area contributed by atoms with Crippen molar-refractivity contribution in [2.45, 2.75) is 146 Å². The number of ether oxygens (including phenoxy) is 1. The summed E-state index contributed by atoms with van der Waals surface area (Å²) in [5.41, 5.74) is 8.13. The van der Waals surface area contributed by atoms with Crippen LogP contribution >= 0.6 is 0 Å². The van der Waals surface area contributed by atoms with Gasteiger partial charge in [0.15, 0.2) is 0 Å². The zero-order valence-electron chi connectivity index (χ0n) is 28.1. The molecule has 0 radical (unpaired) electrons. The van der Waals surface area contributed by atoms with Gasteiger partial charge in [0.2, 0.25) is 0 Å². The van der Waals surface area contributed by atoms with E-state index < -0.39 is 0 Å². The van der Waals surface area contributed by atoms with Crippen LogP contribution < -0.4 is 0 Å². The Morgan fingerprint density at radius 1 is 0.816 bits per heavy atom. The Morgan fingerprint density at radius 2 is 1.37 bits per heavy atom. The van der Waals surface area contributed by atoms with Crippen LogP contribution in [0.2, 0.25) is 0 Å². The van der Waals surface area contributed by atoms with Gasteiger partial charge in [-0.3, -0.25) is 0 Å².